The molecule has 2 aliphatic rings. The maximum absolute atomic E-state index is 12.9. The van der Waals surface area contributed by atoms with Gasteiger partial charge in [0.25, 0.3) is 15.9 Å². The summed E-state index contributed by atoms with van der Waals surface area (Å²) in [6.45, 7) is 2.99. The number of hydrogen-bond acceptors (Lipinski definition) is 7. The number of thioether (sulfide) groups is 1. The van der Waals surface area contributed by atoms with Crippen molar-refractivity contribution >= 4 is 50.1 Å². The molecule has 0 radical (unpaired) electrons. The molecule has 8 nitrogen and oxygen atoms in total. The van der Waals surface area contributed by atoms with E-state index in [9.17, 15) is 13.2 Å². The van der Waals surface area contributed by atoms with Gasteiger partial charge in [0.2, 0.25) is 0 Å². The fraction of sp³-hybridized carbons (Fsp3) is 0.333. The highest BCUT2D eigenvalue weighted by Gasteiger charge is 2.25. The zero-order chi connectivity index (χ0) is 22.7. The fourth-order valence-electron chi connectivity index (χ4n) is 3.59. The molecule has 0 bridgehead atoms. The van der Waals surface area contributed by atoms with Crippen LogP contribution in [0.5, 0.6) is 5.75 Å². The minimum Gasteiger partial charge on any atom is -0.496 e. The van der Waals surface area contributed by atoms with E-state index in [1.165, 1.54) is 18.9 Å². The lowest BCUT2D eigenvalue weighted by Gasteiger charge is -2.36. The van der Waals surface area contributed by atoms with Gasteiger partial charge in [-0.1, -0.05) is 23.4 Å². The number of amidine groups is 1. The number of benzene rings is 2. The van der Waals surface area contributed by atoms with Gasteiger partial charge in [-0.05, 0) is 42.5 Å². The Morgan fingerprint density at radius 3 is 2.47 bits per heavy atom. The van der Waals surface area contributed by atoms with Crippen LogP contribution in [-0.2, 0) is 10.0 Å². The first-order valence-electron chi connectivity index (χ1n) is 10.1. The third-order valence-corrected chi connectivity index (χ3v) is 7.89. The quantitative estimate of drug-likeness (QED) is 0.687. The number of rotatable bonds is 5. The second-order valence-corrected chi connectivity index (χ2v) is 10.5. The number of piperazine rings is 1. The number of amides is 1. The van der Waals surface area contributed by atoms with E-state index in [4.69, 9.17) is 16.3 Å². The van der Waals surface area contributed by atoms with Gasteiger partial charge in [-0.3, -0.25) is 14.5 Å². The van der Waals surface area contributed by atoms with Gasteiger partial charge in [0.15, 0.2) is 5.17 Å². The molecule has 1 N–H and O–H groups in total. The average molecular weight is 495 g/mol. The number of nitrogens with one attached hydrogen (secondary N) is 1. The first kappa shape index (κ1) is 22.8. The molecule has 4 rings (SSSR count). The van der Waals surface area contributed by atoms with Gasteiger partial charge in [0.05, 0.1) is 24.1 Å². The van der Waals surface area contributed by atoms with Gasteiger partial charge in [0.1, 0.15) is 5.75 Å². The first-order valence-corrected chi connectivity index (χ1v) is 12.9. The Kier molecular flexibility index (Phi) is 6.82. The molecule has 11 heteroatoms. The van der Waals surface area contributed by atoms with Crippen molar-refractivity contribution in [2.75, 3.05) is 50.5 Å². The van der Waals surface area contributed by atoms with E-state index in [2.05, 4.69) is 14.6 Å². The molecule has 0 aromatic heterocycles. The molecule has 1 fully saturated rings. The predicted molar refractivity (Wildman–Crippen MR) is 128 cm³/mol. The third kappa shape index (κ3) is 4.97. The fourth-order valence-corrected chi connectivity index (χ4v) is 5.78. The summed E-state index contributed by atoms with van der Waals surface area (Å²) < 4.78 is 32.9. The monoisotopic (exact) mass is 494 g/mol. The number of aliphatic imine (C=N–C) groups is 1. The van der Waals surface area contributed by atoms with Crippen LogP contribution in [0.3, 0.4) is 0 Å². The Morgan fingerprint density at radius 1 is 1.12 bits per heavy atom. The third-order valence-electron chi connectivity index (χ3n) is 5.28. The van der Waals surface area contributed by atoms with Crippen LogP contribution in [0.25, 0.3) is 0 Å². The molecule has 0 saturated carbocycles. The summed E-state index contributed by atoms with van der Waals surface area (Å²) in [6.07, 6.45) is 0. The van der Waals surface area contributed by atoms with Crippen LogP contribution < -0.4 is 14.4 Å². The number of nitrogens with zero attached hydrogens (tertiary/aromatic N) is 3. The van der Waals surface area contributed by atoms with Crippen molar-refractivity contribution in [1.29, 1.82) is 0 Å². The molecule has 2 heterocycles. The maximum Gasteiger partial charge on any atom is 0.263 e. The number of methoxy groups -OCH3 is 1. The van der Waals surface area contributed by atoms with Crippen LogP contribution in [0.4, 0.5) is 5.69 Å². The second-order valence-electron chi connectivity index (χ2n) is 7.26. The number of carbonyl (C=O) groups is 1. The summed E-state index contributed by atoms with van der Waals surface area (Å²) in [5.41, 5.74) is 1.39. The Labute approximate surface area is 196 Å². The molecule has 0 unspecified atom stereocenters. The Balaban J connectivity index is 1.38. The minimum atomic E-state index is -3.65. The number of carbonyl (C=O) groups excluding carboxylic acids is 1. The molecular weight excluding hydrogens is 472 g/mol. The lowest BCUT2D eigenvalue weighted by Crippen LogP contribution is -2.48. The Bertz CT molecular complexity index is 1130. The van der Waals surface area contributed by atoms with Gasteiger partial charge < -0.3 is 14.5 Å². The van der Waals surface area contributed by atoms with E-state index in [1.54, 1.807) is 47.4 Å². The van der Waals surface area contributed by atoms with Crippen LogP contribution >= 0.6 is 23.4 Å². The molecule has 32 heavy (non-hydrogen) atoms. The van der Waals surface area contributed by atoms with E-state index >= 15 is 0 Å². The Morgan fingerprint density at radius 2 is 1.84 bits per heavy atom. The van der Waals surface area contributed by atoms with Gasteiger partial charge in [-0.25, -0.2) is 8.42 Å². The smallest absolute Gasteiger partial charge is 0.263 e. The van der Waals surface area contributed by atoms with Crippen LogP contribution in [0, 0.1) is 0 Å². The lowest BCUT2D eigenvalue weighted by molar-refractivity contribution is 0.0743. The molecule has 170 valence electrons. The summed E-state index contributed by atoms with van der Waals surface area (Å²) in [4.78, 5) is 21.2. The van der Waals surface area contributed by atoms with Gasteiger partial charge in [0, 0.05) is 42.6 Å². The Hall–Kier alpha value is -2.43. The molecular formula is C21H23ClN4O4S2. The van der Waals surface area contributed by atoms with Crippen molar-refractivity contribution in [3.8, 4) is 5.75 Å². The lowest BCUT2D eigenvalue weighted by atomic mass is 10.1. The summed E-state index contributed by atoms with van der Waals surface area (Å²) in [6, 6.07) is 11.7. The highest BCUT2D eigenvalue weighted by atomic mass is 35.5. The van der Waals surface area contributed by atoms with E-state index in [-0.39, 0.29) is 10.8 Å². The number of hydrogen-bond donors (Lipinski definition) is 1. The highest BCUT2D eigenvalue weighted by Crippen LogP contribution is 2.26. The van der Waals surface area contributed by atoms with Crippen LogP contribution in [0.2, 0.25) is 5.02 Å². The van der Waals surface area contributed by atoms with Crippen LogP contribution in [-0.4, -0.2) is 70.0 Å². The molecule has 1 amide bonds. The largest absolute Gasteiger partial charge is 0.496 e. The van der Waals surface area contributed by atoms with Crippen molar-refractivity contribution in [1.82, 2.24) is 9.62 Å². The maximum atomic E-state index is 12.9. The van der Waals surface area contributed by atoms with Crippen molar-refractivity contribution in [2.45, 2.75) is 4.90 Å². The second kappa shape index (κ2) is 9.60. The van der Waals surface area contributed by atoms with E-state index in [1.807, 2.05) is 0 Å². The van der Waals surface area contributed by atoms with Crippen LogP contribution in [0.15, 0.2) is 52.4 Å². The van der Waals surface area contributed by atoms with Crippen molar-refractivity contribution < 1.29 is 17.9 Å². The topological polar surface area (TPSA) is 91.3 Å². The van der Waals surface area contributed by atoms with Crippen LogP contribution in [0.1, 0.15) is 10.4 Å². The van der Waals surface area contributed by atoms with E-state index < -0.39 is 10.0 Å². The number of anilines is 1. The first-order chi connectivity index (χ1) is 15.4. The standard InChI is InChI=1S/C21H23ClN4O4S2/c1-30-19-14-15(22)2-7-18(19)20(27)26-11-9-25(10-12-26)16-3-5-17(6-4-16)32(28,29)24-21-23-8-13-31-21/h2-7,14H,8-13H2,1H3,(H,23,24). The minimum absolute atomic E-state index is 0.0987. The molecule has 2 aromatic rings. The molecule has 2 aromatic carbocycles. The SMILES string of the molecule is COc1cc(Cl)ccc1C(=O)N1CCN(c2ccc(S(=O)(=O)NC3=NCCS3)cc2)CC1. The zero-order valence-electron chi connectivity index (χ0n) is 17.5. The van der Waals surface area contributed by atoms with Crippen molar-refractivity contribution in [3.63, 3.8) is 0 Å². The highest BCUT2D eigenvalue weighted by molar-refractivity contribution is 8.15. The van der Waals surface area contributed by atoms with Gasteiger partial charge in [-0.15, -0.1) is 0 Å². The molecule has 1 saturated heterocycles. The normalized spacial score (nSPS) is 16.6. The van der Waals surface area contributed by atoms with Crippen molar-refractivity contribution in [2.24, 2.45) is 4.99 Å². The number of halogens is 1. The average Bonchev–Trinajstić information content (AvgIpc) is 3.31. The number of sulfonamides is 1. The number of ether oxygens (including phenoxy) is 1. The molecule has 0 atom stereocenters. The summed E-state index contributed by atoms with van der Waals surface area (Å²) >= 11 is 7.39. The summed E-state index contributed by atoms with van der Waals surface area (Å²) in [5, 5.41) is 0.950. The van der Waals surface area contributed by atoms with Crippen molar-refractivity contribution in [3.05, 3.63) is 53.1 Å². The predicted octanol–water partition coefficient (Wildman–Crippen LogP) is 2.69. The molecule has 0 spiro atoms. The van der Waals surface area contributed by atoms with E-state index in [0.717, 1.165) is 11.4 Å². The zero-order valence-corrected chi connectivity index (χ0v) is 19.8. The molecule has 2 aliphatic heterocycles. The van der Waals surface area contributed by atoms with E-state index in [0.29, 0.717) is 54.2 Å². The van der Waals surface area contributed by atoms with Gasteiger partial charge in [-0.2, -0.15) is 0 Å². The van der Waals surface area contributed by atoms with Gasteiger partial charge >= 0.3 is 0 Å². The molecule has 0 aliphatic carbocycles. The summed E-state index contributed by atoms with van der Waals surface area (Å²) in [7, 11) is -2.13. The summed E-state index contributed by atoms with van der Waals surface area (Å²) in [5.74, 6) is 1.14.